The van der Waals surface area contributed by atoms with Gasteiger partial charge < -0.3 is 9.80 Å². The highest BCUT2D eigenvalue weighted by Crippen LogP contribution is 2.22. The van der Waals surface area contributed by atoms with Gasteiger partial charge in [0, 0.05) is 44.8 Å². The van der Waals surface area contributed by atoms with Crippen LogP contribution in [0.25, 0.3) is 11.1 Å². The number of aromatic nitrogens is 2. The molecule has 1 atom stereocenters. The summed E-state index contributed by atoms with van der Waals surface area (Å²) in [5, 5.41) is 0. The molecule has 1 saturated heterocycles. The highest BCUT2D eigenvalue weighted by molar-refractivity contribution is 5.93. The van der Waals surface area contributed by atoms with Gasteiger partial charge in [0.05, 0.1) is 5.92 Å². The third-order valence-corrected chi connectivity index (χ3v) is 5.69. The van der Waals surface area contributed by atoms with Gasteiger partial charge in [-0.05, 0) is 41.3 Å². The maximum atomic E-state index is 13.2. The van der Waals surface area contributed by atoms with E-state index in [4.69, 9.17) is 0 Å². The van der Waals surface area contributed by atoms with Crippen molar-refractivity contribution in [3.63, 3.8) is 0 Å². The van der Waals surface area contributed by atoms with Crippen molar-refractivity contribution < 1.29 is 9.59 Å². The molecule has 1 fully saturated rings. The van der Waals surface area contributed by atoms with Gasteiger partial charge >= 0.3 is 0 Å². The van der Waals surface area contributed by atoms with Crippen LogP contribution in [-0.2, 0) is 11.2 Å². The lowest BCUT2D eigenvalue weighted by atomic mass is 9.96. The van der Waals surface area contributed by atoms with Crippen molar-refractivity contribution in [2.24, 2.45) is 5.92 Å². The van der Waals surface area contributed by atoms with Crippen molar-refractivity contribution in [2.45, 2.75) is 6.42 Å². The quantitative estimate of drug-likeness (QED) is 0.566. The summed E-state index contributed by atoms with van der Waals surface area (Å²) in [6.07, 6.45) is 7.49. The Bertz CT molecular complexity index is 1070. The molecule has 0 radical (unpaired) electrons. The Balaban J connectivity index is 1.54. The Morgan fingerprint density at radius 2 is 1.88 bits per heavy atom. The lowest BCUT2D eigenvalue weighted by Gasteiger charge is -2.23. The van der Waals surface area contributed by atoms with E-state index >= 15 is 0 Å². The molecule has 3 aromatic rings. The Hall–Kier alpha value is -3.80. The normalized spacial score (nSPS) is 16.5. The minimum absolute atomic E-state index is 0.0533. The maximum Gasteiger partial charge on any atom is 0.272 e. The van der Waals surface area contributed by atoms with Crippen LogP contribution in [-0.4, -0.2) is 57.8 Å². The van der Waals surface area contributed by atoms with Gasteiger partial charge in [0.25, 0.3) is 5.91 Å². The molecule has 2 amide bonds. The zero-order valence-electron chi connectivity index (χ0n) is 17.9. The number of carbonyl (C=O) groups is 2. The van der Waals surface area contributed by atoms with Gasteiger partial charge in [0.15, 0.2) is 0 Å². The predicted octanol–water partition coefficient (Wildman–Crippen LogP) is 3.47. The van der Waals surface area contributed by atoms with E-state index in [1.807, 2.05) is 42.6 Å². The molecule has 1 aliphatic heterocycles. The molecule has 0 N–H and O–H groups in total. The van der Waals surface area contributed by atoms with E-state index in [1.54, 1.807) is 46.5 Å². The summed E-state index contributed by atoms with van der Waals surface area (Å²) < 4.78 is 0. The molecule has 0 saturated carbocycles. The lowest BCUT2D eigenvalue weighted by molar-refractivity contribution is -0.134. The van der Waals surface area contributed by atoms with Crippen molar-refractivity contribution in [3.05, 3.63) is 97.1 Å². The third-order valence-electron chi connectivity index (χ3n) is 5.69. The van der Waals surface area contributed by atoms with Crippen LogP contribution in [0.3, 0.4) is 0 Å². The van der Waals surface area contributed by atoms with Crippen LogP contribution >= 0.6 is 0 Å². The van der Waals surface area contributed by atoms with Gasteiger partial charge in [-0.15, -0.1) is 6.58 Å². The van der Waals surface area contributed by atoms with Crippen molar-refractivity contribution in [1.82, 2.24) is 19.8 Å². The van der Waals surface area contributed by atoms with Crippen LogP contribution in [0.4, 0.5) is 0 Å². The van der Waals surface area contributed by atoms with Crippen molar-refractivity contribution in [1.29, 1.82) is 0 Å². The van der Waals surface area contributed by atoms with Gasteiger partial charge in [0.1, 0.15) is 5.69 Å². The molecule has 3 heterocycles. The summed E-state index contributed by atoms with van der Waals surface area (Å²) in [7, 11) is 0. The van der Waals surface area contributed by atoms with Crippen LogP contribution in [0.1, 0.15) is 16.1 Å². The van der Waals surface area contributed by atoms with Crippen molar-refractivity contribution >= 4 is 11.8 Å². The van der Waals surface area contributed by atoms with Crippen LogP contribution in [0.2, 0.25) is 0 Å². The van der Waals surface area contributed by atoms with E-state index in [-0.39, 0.29) is 17.7 Å². The summed E-state index contributed by atoms with van der Waals surface area (Å²) in [4.78, 5) is 38.2. The first-order valence-electron chi connectivity index (χ1n) is 10.7. The fraction of sp³-hybridized carbons (Fsp3) is 0.231. The van der Waals surface area contributed by atoms with Gasteiger partial charge in [-0.3, -0.25) is 19.6 Å². The van der Waals surface area contributed by atoms with Crippen LogP contribution in [0.5, 0.6) is 0 Å². The van der Waals surface area contributed by atoms with E-state index in [2.05, 4.69) is 16.5 Å². The number of hydrogen-bond acceptors (Lipinski definition) is 4. The summed E-state index contributed by atoms with van der Waals surface area (Å²) in [5.41, 5.74) is 3.58. The molecule has 6 heteroatoms. The molecule has 1 aromatic carbocycles. The van der Waals surface area contributed by atoms with Crippen LogP contribution < -0.4 is 0 Å². The topological polar surface area (TPSA) is 66.4 Å². The average molecular weight is 427 g/mol. The molecule has 1 unspecified atom stereocenters. The summed E-state index contributed by atoms with van der Waals surface area (Å²) in [6.45, 7) is 5.58. The first-order chi connectivity index (χ1) is 15.7. The fourth-order valence-electron chi connectivity index (χ4n) is 4.02. The van der Waals surface area contributed by atoms with Crippen molar-refractivity contribution in [2.75, 3.05) is 26.2 Å². The lowest BCUT2D eigenvalue weighted by Crippen LogP contribution is -2.38. The fourth-order valence-corrected chi connectivity index (χ4v) is 4.02. The first kappa shape index (κ1) is 21.4. The van der Waals surface area contributed by atoms with E-state index in [9.17, 15) is 9.59 Å². The summed E-state index contributed by atoms with van der Waals surface area (Å²) in [6, 6.07) is 17.4. The largest absolute Gasteiger partial charge is 0.337 e. The number of amides is 2. The first-order valence-corrected chi connectivity index (χ1v) is 10.7. The maximum absolute atomic E-state index is 13.2. The zero-order chi connectivity index (χ0) is 22.3. The summed E-state index contributed by atoms with van der Waals surface area (Å²) in [5.74, 6) is -0.414. The van der Waals surface area contributed by atoms with Gasteiger partial charge in [0.2, 0.25) is 5.91 Å². The number of nitrogens with zero attached hydrogens (tertiary/aromatic N) is 4. The number of rotatable bonds is 6. The molecule has 32 heavy (non-hydrogen) atoms. The molecular weight excluding hydrogens is 400 g/mol. The molecule has 1 aliphatic rings. The predicted molar refractivity (Wildman–Crippen MR) is 124 cm³/mol. The van der Waals surface area contributed by atoms with Crippen LogP contribution in [0, 0.1) is 5.92 Å². The molecule has 6 nitrogen and oxygen atoms in total. The smallest absolute Gasteiger partial charge is 0.272 e. The molecule has 162 valence electrons. The van der Waals surface area contributed by atoms with Gasteiger partial charge in [-0.25, -0.2) is 0 Å². The SMILES string of the molecule is C=CCN1CCN(C(=O)c2ccccn2)CC(Cc2ccc(-c3cccnc3)cc2)C1=O. The van der Waals surface area contributed by atoms with E-state index < -0.39 is 0 Å². The Morgan fingerprint density at radius 3 is 2.56 bits per heavy atom. The number of carbonyl (C=O) groups excluding carboxylic acids is 2. The molecular formula is C26H26N4O2. The Morgan fingerprint density at radius 1 is 1.03 bits per heavy atom. The van der Waals surface area contributed by atoms with Gasteiger partial charge in [-0.2, -0.15) is 0 Å². The molecule has 0 bridgehead atoms. The molecule has 0 aliphatic carbocycles. The minimum Gasteiger partial charge on any atom is -0.337 e. The van der Waals surface area contributed by atoms with E-state index in [1.165, 1.54) is 0 Å². The second-order valence-corrected chi connectivity index (χ2v) is 7.88. The summed E-state index contributed by atoms with van der Waals surface area (Å²) >= 11 is 0. The van der Waals surface area contributed by atoms with Crippen molar-refractivity contribution in [3.8, 4) is 11.1 Å². The van der Waals surface area contributed by atoms with Gasteiger partial charge in [-0.1, -0.05) is 42.5 Å². The van der Waals surface area contributed by atoms with Crippen LogP contribution in [0.15, 0.2) is 85.8 Å². The average Bonchev–Trinajstić information content (AvgIpc) is 3.00. The number of hydrogen-bond donors (Lipinski definition) is 0. The third kappa shape index (κ3) is 4.91. The Labute approximate surface area is 188 Å². The molecule has 2 aromatic heterocycles. The zero-order valence-corrected chi connectivity index (χ0v) is 17.9. The minimum atomic E-state index is -0.325. The second-order valence-electron chi connectivity index (χ2n) is 7.88. The van der Waals surface area contributed by atoms with E-state index in [0.717, 1.165) is 16.7 Å². The standard InChI is InChI=1S/C26H26N4O2/c1-2-14-29-15-16-30(26(32)24-7-3-4-13-28-24)19-23(25(29)31)17-20-8-10-21(11-9-20)22-6-5-12-27-18-22/h2-13,18,23H,1,14-17,19H2. The van der Waals surface area contributed by atoms with E-state index in [0.29, 0.717) is 38.3 Å². The highest BCUT2D eigenvalue weighted by Gasteiger charge is 2.32. The highest BCUT2D eigenvalue weighted by atomic mass is 16.2. The molecule has 0 spiro atoms. The Kier molecular flexibility index (Phi) is 6.70. The number of benzene rings is 1. The number of pyridine rings is 2. The molecule has 4 rings (SSSR count). The monoisotopic (exact) mass is 426 g/mol. The second kappa shape index (κ2) is 10.0.